The molecule has 1 saturated heterocycles. The standard InChI is InChI=1S/C19H21NO2.ClH/c21-19(22)17-11-12-20(13-15-7-3-1-4-8-15)14-18(17)16-9-5-2-6-10-16;/h1-10,17-18H,11-14H2,(H,21,22);1H/t17-,18-;/m1./s1. The van der Waals surface area contributed by atoms with E-state index in [2.05, 4.69) is 17.0 Å². The van der Waals surface area contributed by atoms with Crippen molar-refractivity contribution in [3.63, 3.8) is 0 Å². The molecule has 4 heteroatoms. The van der Waals surface area contributed by atoms with Gasteiger partial charge in [-0.1, -0.05) is 60.7 Å². The first kappa shape index (κ1) is 17.5. The van der Waals surface area contributed by atoms with Crippen LogP contribution in [0.15, 0.2) is 60.7 Å². The summed E-state index contributed by atoms with van der Waals surface area (Å²) in [6.07, 6.45) is 0.710. The maximum atomic E-state index is 11.6. The third-order valence-corrected chi connectivity index (χ3v) is 4.49. The van der Waals surface area contributed by atoms with Crippen LogP contribution in [0.3, 0.4) is 0 Å². The smallest absolute Gasteiger partial charge is 0.307 e. The molecule has 1 aliphatic rings. The Bertz CT molecular complexity index is 618. The van der Waals surface area contributed by atoms with Gasteiger partial charge in [0, 0.05) is 19.0 Å². The molecule has 0 spiro atoms. The molecule has 0 radical (unpaired) electrons. The third-order valence-electron chi connectivity index (χ3n) is 4.49. The van der Waals surface area contributed by atoms with Crippen LogP contribution < -0.4 is 0 Å². The summed E-state index contributed by atoms with van der Waals surface area (Å²) in [7, 11) is 0. The molecule has 23 heavy (non-hydrogen) atoms. The summed E-state index contributed by atoms with van der Waals surface area (Å²) in [6.45, 7) is 2.53. The second kappa shape index (κ2) is 8.14. The molecule has 0 amide bonds. The van der Waals surface area contributed by atoms with Gasteiger partial charge in [-0.3, -0.25) is 9.69 Å². The number of rotatable bonds is 4. The highest BCUT2D eigenvalue weighted by Crippen LogP contribution is 2.33. The molecule has 0 aromatic heterocycles. The first-order valence-electron chi connectivity index (χ1n) is 7.78. The van der Waals surface area contributed by atoms with Crippen molar-refractivity contribution in [2.75, 3.05) is 13.1 Å². The topological polar surface area (TPSA) is 40.5 Å². The molecular formula is C19H22ClNO2. The highest BCUT2D eigenvalue weighted by atomic mass is 35.5. The van der Waals surface area contributed by atoms with Crippen LogP contribution in [0.5, 0.6) is 0 Å². The predicted octanol–water partition coefficient (Wildman–Crippen LogP) is 3.80. The van der Waals surface area contributed by atoms with Gasteiger partial charge < -0.3 is 5.11 Å². The fourth-order valence-electron chi connectivity index (χ4n) is 3.34. The van der Waals surface area contributed by atoms with Crippen LogP contribution in [0.25, 0.3) is 0 Å². The summed E-state index contributed by atoms with van der Waals surface area (Å²) in [5.74, 6) is -0.890. The number of benzene rings is 2. The van der Waals surface area contributed by atoms with E-state index >= 15 is 0 Å². The van der Waals surface area contributed by atoms with Crippen LogP contribution in [0.2, 0.25) is 0 Å². The lowest BCUT2D eigenvalue weighted by molar-refractivity contribution is -0.144. The van der Waals surface area contributed by atoms with Gasteiger partial charge in [0.2, 0.25) is 0 Å². The number of likely N-dealkylation sites (tertiary alicyclic amines) is 1. The number of nitrogens with zero attached hydrogens (tertiary/aromatic N) is 1. The number of carbonyl (C=O) groups is 1. The van der Waals surface area contributed by atoms with Crippen molar-refractivity contribution < 1.29 is 9.90 Å². The van der Waals surface area contributed by atoms with E-state index in [1.54, 1.807) is 0 Å². The molecule has 1 fully saturated rings. The van der Waals surface area contributed by atoms with Crippen molar-refractivity contribution in [1.82, 2.24) is 4.90 Å². The molecule has 2 aromatic rings. The molecule has 3 rings (SSSR count). The molecule has 1 aliphatic heterocycles. The number of hydrogen-bond acceptors (Lipinski definition) is 2. The lowest BCUT2D eigenvalue weighted by atomic mass is 9.80. The van der Waals surface area contributed by atoms with Gasteiger partial charge in [0.05, 0.1) is 5.92 Å². The highest BCUT2D eigenvalue weighted by molar-refractivity contribution is 5.85. The molecule has 0 saturated carbocycles. The number of carboxylic acid groups (broad SMARTS) is 1. The van der Waals surface area contributed by atoms with Crippen molar-refractivity contribution in [3.8, 4) is 0 Å². The van der Waals surface area contributed by atoms with E-state index in [-0.39, 0.29) is 24.2 Å². The first-order chi connectivity index (χ1) is 10.7. The average molecular weight is 332 g/mol. The van der Waals surface area contributed by atoms with Gasteiger partial charge in [-0.25, -0.2) is 0 Å². The zero-order valence-corrected chi connectivity index (χ0v) is 13.8. The minimum atomic E-state index is -0.673. The van der Waals surface area contributed by atoms with Crippen LogP contribution in [0.4, 0.5) is 0 Å². The quantitative estimate of drug-likeness (QED) is 0.926. The summed E-state index contributed by atoms with van der Waals surface area (Å²) in [5.41, 5.74) is 2.41. The van der Waals surface area contributed by atoms with E-state index in [4.69, 9.17) is 0 Å². The Kier molecular flexibility index (Phi) is 6.20. The number of carboxylic acids is 1. The van der Waals surface area contributed by atoms with Crippen LogP contribution in [0.1, 0.15) is 23.5 Å². The second-order valence-electron chi connectivity index (χ2n) is 5.97. The number of hydrogen-bond donors (Lipinski definition) is 1. The van der Waals surface area contributed by atoms with Gasteiger partial charge in [0.1, 0.15) is 0 Å². The molecule has 0 unspecified atom stereocenters. The summed E-state index contributed by atoms with van der Waals surface area (Å²) in [6, 6.07) is 20.4. The van der Waals surface area contributed by atoms with Gasteiger partial charge in [-0.15, -0.1) is 12.4 Å². The molecule has 2 aromatic carbocycles. The summed E-state index contributed by atoms with van der Waals surface area (Å²) < 4.78 is 0. The molecule has 2 atom stereocenters. The fraction of sp³-hybridized carbons (Fsp3) is 0.316. The van der Waals surface area contributed by atoms with E-state index in [1.165, 1.54) is 5.56 Å². The average Bonchev–Trinajstić information content (AvgIpc) is 2.56. The Morgan fingerprint density at radius 2 is 1.65 bits per heavy atom. The van der Waals surface area contributed by atoms with E-state index in [0.29, 0.717) is 6.42 Å². The zero-order chi connectivity index (χ0) is 15.4. The lowest BCUT2D eigenvalue weighted by Gasteiger charge is -2.37. The van der Waals surface area contributed by atoms with Gasteiger partial charge in [0.25, 0.3) is 0 Å². The Morgan fingerprint density at radius 3 is 2.26 bits per heavy atom. The molecule has 122 valence electrons. The Balaban J connectivity index is 0.00000192. The number of halogens is 1. The number of aliphatic carboxylic acids is 1. The zero-order valence-electron chi connectivity index (χ0n) is 13.0. The van der Waals surface area contributed by atoms with Crippen molar-refractivity contribution >= 4 is 18.4 Å². The predicted molar refractivity (Wildman–Crippen MR) is 93.9 cm³/mol. The van der Waals surface area contributed by atoms with Crippen LogP contribution in [0, 0.1) is 5.92 Å². The second-order valence-corrected chi connectivity index (χ2v) is 5.97. The Morgan fingerprint density at radius 1 is 1.04 bits per heavy atom. The van der Waals surface area contributed by atoms with E-state index < -0.39 is 5.97 Å². The minimum absolute atomic E-state index is 0. The van der Waals surface area contributed by atoms with Crippen molar-refractivity contribution in [2.24, 2.45) is 5.92 Å². The van der Waals surface area contributed by atoms with Crippen molar-refractivity contribution in [3.05, 3.63) is 71.8 Å². The third kappa shape index (κ3) is 4.34. The molecule has 3 nitrogen and oxygen atoms in total. The van der Waals surface area contributed by atoms with E-state index in [0.717, 1.165) is 25.2 Å². The Labute approximate surface area is 143 Å². The minimum Gasteiger partial charge on any atom is -0.481 e. The highest BCUT2D eigenvalue weighted by Gasteiger charge is 2.34. The summed E-state index contributed by atoms with van der Waals surface area (Å²) in [4.78, 5) is 14.0. The maximum Gasteiger partial charge on any atom is 0.307 e. The largest absolute Gasteiger partial charge is 0.481 e. The SMILES string of the molecule is Cl.O=C(O)[C@@H]1CCN(Cc2ccccc2)C[C@@H]1c1ccccc1. The van der Waals surface area contributed by atoms with Gasteiger partial charge >= 0.3 is 5.97 Å². The van der Waals surface area contributed by atoms with Gasteiger partial charge in [-0.05, 0) is 24.1 Å². The maximum absolute atomic E-state index is 11.6. The molecule has 1 heterocycles. The normalized spacial score (nSPS) is 21.4. The Hall–Kier alpha value is -1.84. The van der Waals surface area contributed by atoms with Crippen molar-refractivity contribution in [2.45, 2.75) is 18.9 Å². The lowest BCUT2D eigenvalue weighted by Crippen LogP contribution is -2.41. The van der Waals surface area contributed by atoms with Crippen LogP contribution >= 0.6 is 12.4 Å². The molecule has 0 bridgehead atoms. The van der Waals surface area contributed by atoms with Crippen LogP contribution in [-0.4, -0.2) is 29.1 Å². The molecule has 0 aliphatic carbocycles. The summed E-state index contributed by atoms with van der Waals surface area (Å²) >= 11 is 0. The monoisotopic (exact) mass is 331 g/mol. The number of piperidine rings is 1. The van der Waals surface area contributed by atoms with Crippen LogP contribution in [-0.2, 0) is 11.3 Å². The van der Waals surface area contributed by atoms with Gasteiger partial charge in [-0.2, -0.15) is 0 Å². The fourth-order valence-corrected chi connectivity index (χ4v) is 3.34. The first-order valence-corrected chi connectivity index (χ1v) is 7.78. The molecular weight excluding hydrogens is 310 g/mol. The van der Waals surface area contributed by atoms with Gasteiger partial charge in [0.15, 0.2) is 0 Å². The molecule has 1 N–H and O–H groups in total. The van der Waals surface area contributed by atoms with E-state index in [9.17, 15) is 9.90 Å². The summed E-state index contributed by atoms with van der Waals surface area (Å²) in [5, 5.41) is 9.53. The van der Waals surface area contributed by atoms with Crippen molar-refractivity contribution in [1.29, 1.82) is 0 Å². The van der Waals surface area contributed by atoms with E-state index in [1.807, 2.05) is 48.5 Å².